The molecule has 1 aliphatic rings. The Hall–Kier alpha value is -1.99. The summed E-state index contributed by atoms with van der Waals surface area (Å²) in [4.78, 5) is 8.92. The van der Waals surface area contributed by atoms with Crippen molar-refractivity contribution >= 4 is 0 Å². The number of aliphatic hydroxyl groups is 1. The summed E-state index contributed by atoms with van der Waals surface area (Å²) in [6, 6.07) is 12.2. The Morgan fingerprint density at radius 1 is 1.10 bits per heavy atom. The molecular formula is C24H36N4O2. The molecule has 0 unspecified atom stereocenters. The molecule has 2 N–H and O–H groups in total. The maximum absolute atomic E-state index is 10.4. The van der Waals surface area contributed by atoms with Crippen LogP contribution in [0.4, 0.5) is 0 Å². The van der Waals surface area contributed by atoms with Crippen molar-refractivity contribution in [2.75, 3.05) is 52.4 Å². The topological polar surface area (TPSA) is 60.9 Å². The van der Waals surface area contributed by atoms with E-state index in [4.69, 9.17) is 4.74 Å². The van der Waals surface area contributed by atoms with Crippen LogP contribution in [0.1, 0.15) is 24.5 Å². The van der Waals surface area contributed by atoms with Gasteiger partial charge in [-0.2, -0.15) is 0 Å². The van der Waals surface area contributed by atoms with Crippen molar-refractivity contribution in [1.29, 1.82) is 0 Å². The lowest BCUT2D eigenvalue weighted by molar-refractivity contribution is 0.0471. The SMILES string of the molecule is CCN1CCN(C[C@@H](O)COc2cccc(CNCCCc3cccnc3)c2)CC1. The lowest BCUT2D eigenvalue weighted by Crippen LogP contribution is -2.49. The van der Waals surface area contributed by atoms with Crippen LogP contribution in [0.3, 0.4) is 0 Å². The van der Waals surface area contributed by atoms with Gasteiger partial charge in [-0.3, -0.25) is 9.88 Å². The predicted octanol–water partition coefficient (Wildman–Crippen LogP) is 2.18. The number of aryl methyl sites for hydroxylation is 1. The number of hydrogen-bond acceptors (Lipinski definition) is 6. The molecule has 1 aromatic heterocycles. The van der Waals surface area contributed by atoms with E-state index in [0.717, 1.165) is 64.4 Å². The van der Waals surface area contributed by atoms with Crippen LogP contribution in [0.5, 0.6) is 5.75 Å². The molecule has 0 amide bonds. The minimum atomic E-state index is -0.465. The lowest BCUT2D eigenvalue weighted by Gasteiger charge is -2.34. The molecule has 3 rings (SSSR count). The van der Waals surface area contributed by atoms with Crippen molar-refractivity contribution in [3.05, 3.63) is 59.9 Å². The Morgan fingerprint density at radius 3 is 2.67 bits per heavy atom. The van der Waals surface area contributed by atoms with E-state index in [0.29, 0.717) is 13.2 Å². The van der Waals surface area contributed by atoms with E-state index in [-0.39, 0.29) is 0 Å². The van der Waals surface area contributed by atoms with E-state index in [1.54, 1.807) is 0 Å². The second-order valence-corrected chi connectivity index (χ2v) is 7.99. The molecule has 1 atom stereocenters. The Kier molecular flexibility index (Phi) is 9.57. The summed E-state index contributed by atoms with van der Waals surface area (Å²) in [5.74, 6) is 0.819. The van der Waals surface area contributed by atoms with Gasteiger partial charge < -0.3 is 20.1 Å². The van der Waals surface area contributed by atoms with E-state index < -0.39 is 6.10 Å². The second-order valence-electron chi connectivity index (χ2n) is 7.99. The average Bonchev–Trinajstić information content (AvgIpc) is 2.79. The lowest BCUT2D eigenvalue weighted by atomic mass is 10.1. The minimum absolute atomic E-state index is 0.329. The number of nitrogens with one attached hydrogen (secondary N) is 1. The predicted molar refractivity (Wildman–Crippen MR) is 121 cm³/mol. The number of nitrogens with zero attached hydrogens (tertiary/aromatic N) is 3. The van der Waals surface area contributed by atoms with Crippen LogP contribution < -0.4 is 10.1 Å². The quantitative estimate of drug-likeness (QED) is 0.521. The molecule has 164 valence electrons. The van der Waals surface area contributed by atoms with Crippen molar-refractivity contribution < 1.29 is 9.84 Å². The minimum Gasteiger partial charge on any atom is -0.491 e. The third-order valence-electron chi connectivity index (χ3n) is 5.59. The van der Waals surface area contributed by atoms with E-state index in [1.165, 1.54) is 11.1 Å². The summed E-state index contributed by atoms with van der Waals surface area (Å²) < 4.78 is 5.86. The number of aromatic nitrogens is 1. The van der Waals surface area contributed by atoms with E-state index >= 15 is 0 Å². The Labute approximate surface area is 180 Å². The fourth-order valence-electron chi connectivity index (χ4n) is 3.77. The molecule has 0 radical (unpaired) electrons. The first-order valence-corrected chi connectivity index (χ1v) is 11.2. The van der Waals surface area contributed by atoms with Crippen LogP contribution in [-0.4, -0.2) is 78.4 Å². The highest BCUT2D eigenvalue weighted by Gasteiger charge is 2.18. The van der Waals surface area contributed by atoms with Gasteiger partial charge in [0.05, 0.1) is 0 Å². The molecule has 1 fully saturated rings. The van der Waals surface area contributed by atoms with E-state index in [9.17, 15) is 5.11 Å². The Balaban J connectivity index is 1.31. The number of ether oxygens (including phenoxy) is 1. The molecule has 0 bridgehead atoms. The highest BCUT2D eigenvalue weighted by molar-refractivity contribution is 5.28. The fraction of sp³-hybridized carbons (Fsp3) is 0.542. The summed E-state index contributed by atoms with van der Waals surface area (Å²) in [6.07, 6.45) is 5.40. The van der Waals surface area contributed by atoms with Gasteiger partial charge in [0.1, 0.15) is 18.5 Å². The van der Waals surface area contributed by atoms with Gasteiger partial charge in [0.15, 0.2) is 0 Å². The molecule has 0 spiro atoms. The Bertz CT molecular complexity index is 720. The normalized spacial score (nSPS) is 16.5. The van der Waals surface area contributed by atoms with Crippen LogP contribution in [-0.2, 0) is 13.0 Å². The van der Waals surface area contributed by atoms with Crippen molar-refractivity contribution in [3.63, 3.8) is 0 Å². The largest absolute Gasteiger partial charge is 0.491 e. The molecule has 1 aliphatic heterocycles. The van der Waals surface area contributed by atoms with E-state index in [1.807, 2.05) is 30.6 Å². The monoisotopic (exact) mass is 412 g/mol. The van der Waals surface area contributed by atoms with Gasteiger partial charge in [0.25, 0.3) is 0 Å². The first-order valence-electron chi connectivity index (χ1n) is 11.2. The molecule has 0 saturated carbocycles. The molecular weight excluding hydrogens is 376 g/mol. The van der Waals surface area contributed by atoms with Gasteiger partial charge in [-0.1, -0.05) is 25.1 Å². The highest BCUT2D eigenvalue weighted by atomic mass is 16.5. The van der Waals surface area contributed by atoms with Gasteiger partial charge in [-0.05, 0) is 55.3 Å². The van der Waals surface area contributed by atoms with Crippen LogP contribution in [0.15, 0.2) is 48.8 Å². The molecule has 6 heteroatoms. The van der Waals surface area contributed by atoms with Crippen molar-refractivity contribution in [2.24, 2.45) is 0 Å². The summed E-state index contributed by atoms with van der Waals surface area (Å²) in [5.41, 5.74) is 2.47. The van der Waals surface area contributed by atoms with Crippen LogP contribution in [0.25, 0.3) is 0 Å². The number of likely N-dealkylation sites (N-methyl/N-ethyl adjacent to an activating group) is 1. The second kappa shape index (κ2) is 12.6. The molecule has 6 nitrogen and oxygen atoms in total. The summed E-state index contributed by atoms with van der Waals surface area (Å²) in [5, 5.41) is 13.8. The number of hydrogen-bond donors (Lipinski definition) is 2. The van der Waals surface area contributed by atoms with Crippen molar-refractivity contribution in [2.45, 2.75) is 32.4 Å². The van der Waals surface area contributed by atoms with Gasteiger partial charge in [0.2, 0.25) is 0 Å². The molecule has 2 aromatic rings. The third-order valence-corrected chi connectivity index (χ3v) is 5.59. The molecule has 1 aromatic carbocycles. The number of β-amino-alcohol motifs (C(OH)–C–C–N with tert-alkyl or cyclic N) is 1. The summed E-state index contributed by atoms with van der Waals surface area (Å²) in [7, 11) is 0. The first kappa shape index (κ1) is 22.7. The molecule has 0 aliphatic carbocycles. The summed E-state index contributed by atoms with van der Waals surface area (Å²) >= 11 is 0. The smallest absolute Gasteiger partial charge is 0.119 e. The van der Waals surface area contributed by atoms with Crippen molar-refractivity contribution in [3.8, 4) is 5.75 Å². The number of rotatable bonds is 12. The van der Waals surface area contributed by atoms with Crippen LogP contribution >= 0.6 is 0 Å². The number of benzene rings is 1. The fourth-order valence-corrected chi connectivity index (χ4v) is 3.77. The highest BCUT2D eigenvalue weighted by Crippen LogP contribution is 2.14. The molecule has 30 heavy (non-hydrogen) atoms. The standard InChI is InChI=1S/C24H36N4O2/c1-2-27-12-14-28(15-13-27)19-23(29)20-30-24-9-3-6-22(16-24)18-26-11-5-8-21-7-4-10-25-17-21/h3-4,6-7,9-10,16-17,23,26,29H,2,5,8,11-15,18-20H2,1H3/t23-/m1/s1. The third kappa shape index (κ3) is 8.03. The Morgan fingerprint density at radius 2 is 1.90 bits per heavy atom. The molecule has 1 saturated heterocycles. The zero-order valence-electron chi connectivity index (χ0n) is 18.2. The maximum Gasteiger partial charge on any atom is 0.119 e. The zero-order chi connectivity index (χ0) is 21.0. The molecule has 2 heterocycles. The number of pyridine rings is 1. The van der Waals surface area contributed by atoms with Gasteiger partial charge in [-0.15, -0.1) is 0 Å². The number of piperazine rings is 1. The van der Waals surface area contributed by atoms with Gasteiger partial charge >= 0.3 is 0 Å². The number of aliphatic hydroxyl groups excluding tert-OH is 1. The van der Waals surface area contributed by atoms with Gasteiger partial charge in [0, 0.05) is 51.7 Å². The summed E-state index contributed by atoms with van der Waals surface area (Å²) in [6.45, 7) is 10.3. The first-order chi connectivity index (χ1) is 14.7. The van der Waals surface area contributed by atoms with Gasteiger partial charge in [-0.25, -0.2) is 0 Å². The van der Waals surface area contributed by atoms with Crippen molar-refractivity contribution in [1.82, 2.24) is 20.1 Å². The zero-order valence-corrected chi connectivity index (χ0v) is 18.2. The average molecular weight is 413 g/mol. The van der Waals surface area contributed by atoms with E-state index in [2.05, 4.69) is 45.2 Å². The van der Waals surface area contributed by atoms with Crippen LogP contribution in [0, 0.1) is 0 Å². The maximum atomic E-state index is 10.4. The van der Waals surface area contributed by atoms with Crippen LogP contribution in [0.2, 0.25) is 0 Å².